The van der Waals surface area contributed by atoms with Crippen molar-refractivity contribution >= 4 is 23.3 Å². The van der Waals surface area contributed by atoms with Crippen molar-refractivity contribution in [3.05, 3.63) is 29.3 Å². The van der Waals surface area contributed by atoms with E-state index < -0.39 is 18.1 Å². The number of carboxylic acid groups (broad SMARTS) is 1. The number of aliphatic carboxylic acids is 1. The number of carboxylic acids is 1. The highest BCUT2D eigenvalue weighted by Gasteiger charge is 2.22. The number of aliphatic hydroxyl groups excluding tert-OH is 1. The van der Waals surface area contributed by atoms with Gasteiger partial charge in [-0.25, -0.2) is 0 Å². The molecule has 0 saturated heterocycles. The molecule has 4 N–H and O–H groups in total. The molecule has 0 aliphatic carbocycles. The normalized spacial score (nSPS) is 13.7. The number of halogens is 1. The minimum absolute atomic E-state index is 0.273. The van der Waals surface area contributed by atoms with Gasteiger partial charge in [-0.2, -0.15) is 0 Å². The molecule has 1 rings (SSSR count). The molecule has 0 heterocycles. The van der Waals surface area contributed by atoms with Crippen molar-refractivity contribution in [3.63, 3.8) is 0 Å². The first-order valence-corrected chi connectivity index (χ1v) is 8.01. The maximum Gasteiger partial charge on any atom is 0.305 e. The Morgan fingerprint density at radius 2 is 2.09 bits per heavy atom. The van der Waals surface area contributed by atoms with Gasteiger partial charge in [-0.1, -0.05) is 13.0 Å². The van der Waals surface area contributed by atoms with Crippen LogP contribution in [0.4, 0.5) is 5.69 Å². The lowest BCUT2D eigenvalue weighted by atomic mass is 9.95. The second kappa shape index (κ2) is 8.98. The zero-order valence-corrected chi connectivity index (χ0v) is 13.9. The highest BCUT2D eigenvalue weighted by molar-refractivity contribution is 6.18. The molecule has 0 aliphatic rings. The molecule has 2 unspecified atom stereocenters. The molecule has 22 heavy (non-hydrogen) atoms. The van der Waals surface area contributed by atoms with Crippen LogP contribution >= 0.6 is 11.6 Å². The van der Waals surface area contributed by atoms with Crippen molar-refractivity contribution in [2.45, 2.75) is 38.8 Å². The van der Waals surface area contributed by atoms with E-state index in [-0.39, 0.29) is 6.42 Å². The Bertz CT molecular complexity index is 490. The zero-order chi connectivity index (χ0) is 16.7. The van der Waals surface area contributed by atoms with Crippen LogP contribution in [0.3, 0.4) is 0 Å². The van der Waals surface area contributed by atoms with Crippen LogP contribution in [0.2, 0.25) is 0 Å². The summed E-state index contributed by atoms with van der Waals surface area (Å²) in [6, 6.07) is 4.94. The fourth-order valence-electron chi connectivity index (χ4n) is 2.43. The molecule has 6 heteroatoms. The van der Waals surface area contributed by atoms with Crippen LogP contribution in [0, 0.1) is 6.92 Å². The lowest BCUT2D eigenvalue weighted by Gasteiger charge is -2.26. The van der Waals surface area contributed by atoms with Crippen molar-refractivity contribution in [2.75, 3.05) is 23.9 Å². The molecule has 0 aliphatic heterocycles. The van der Waals surface area contributed by atoms with Gasteiger partial charge in [-0.3, -0.25) is 4.79 Å². The summed E-state index contributed by atoms with van der Waals surface area (Å²) in [5, 5.41) is 19.2. The Hall–Kier alpha value is -1.30. The smallest absolute Gasteiger partial charge is 0.305 e. The van der Waals surface area contributed by atoms with Gasteiger partial charge in [-0.05, 0) is 36.6 Å². The van der Waals surface area contributed by atoms with Crippen molar-refractivity contribution in [3.8, 4) is 0 Å². The number of hydrogen-bond donors (Lipinski definition) is 3. The van der Waals surface area contributed by atoms with E-state index in [0.29, 0.717) is 11.4 Å². The summed E-state index contributed by atoms with van der Waals surface area (Å²) in [6.45, 7) is 5.55. The quantitative estimate of drug-likeness (QED) is 0.605. The first-order valence-electron chi connectivity index (χ1n) is 7.47. The topological polar surface area (TPSA) is 86.8 Å². The van der Waals surface area contributed by atoms with E-state index in [9.17, 15) is 9.90 Å². The number of benzene rings is 1. The average Bonchev–Trinajstić information content (AvgIpc) is 2.46. The Balaban J connectivity index is 3.04. The number of nitrogens with zero attached hydrogens (tertiary/aromatic N) is 1. The summed E-state index contributed by atoms with van der Waals surface area (Å²) in [4.78, 5) is 12.9. The lowest BCUT2D eigenvalue weighted by molar-refractivity contribution is -0.138. The van der Waals surface area contributed by atoms with E-state index in [1.807, 2.05) is 25.1 Å². The van der Waals surface area contributed by atoms with Crippen LogP contribution < -0.4 is 10.6 Å². The highest BCUT2D eigenvalue weighted by atomic mass is 35.5. The number of aryl methyl sites for hydroxylation is 1. The summed E-state index contributed by atoms with van der Waals surface area (Å²) < 4.78 is 0. The van der Waals surface area contributed by atoms with Crippen molar-refractivity contribution in [1.82, 2.24) is 0 Å². The second-order valence-electron chi connectivity index (χ2n) is 5.42. The number of alkyl halides is 1. The molecule has 0 amide bonds. The molecular weight excluding hydrogens is 304 g/mol. The standard InChI is InChI=1S/C16H25ClN2O3/c1-3-7-19(8-6-17)12-5-4-11(2)13(9-12)16(22)14(18)10-15(20)21/h4-5,9,14,16,22H,3,6-8,10,18H2,1-2H3,(H,20,21). The fourth-order valence-corrected chi connectivity index (χ4v) is 2.63. The van der Waals surface area contributed by atoms with Gasteiger partial charge in [0.25, 0.3) is 0 Å². The maximum absolute atomic E-state index is 10.8. The minimum Gasteiger partial charge on any atom is -0.481 e. The van der Waals surface area contributed by atoms with Gasteiger partial charge in [0.05, 0.1) is 12.5 Å². The summed E-state index contributed by atoms with van der Waals surface area (Å²) >= 11 is 5.85. The van der Waals surface area contributed by atoms with Gasteiger partial charge >= 0.3 is 5.97 Å². The Kier molecular flexibility index (Phi) is 7.65. The number of rotatable bonds is 9. The molecule has 1 aromatic rings. The Morgan fingerprint density at radius 3 is 2.64 bits per heavy atom. The highest BCUT2D eigenvalue weighted by Crippen LogP contribution is 2.27. The number of aliphatic hydroxyl groups is 1. The predicted octanol–water partition coefficient (Wildman–Crippen LogP) is 2.29. The average molecular weight is 329 g/mol. The fraction of sp³-hybridized carbons (Fsp3) is 0.562. The van der Waals surface area contributed by atoms with Crippen LogP contribution in [0.5, 0.6) is 0 Å². The third-order valence-electron chi connectivity index (χ3n) is 3.61. The molecule has 0 radical (unpaired) electrons. The minimum atomic E-state index is -1.02. The predicted molar refractivity (Wildman–Crippen MR) is 89.6 cm³/mol. The van der Waals surface area contributed by atoms with Crippen LogP contribution in [0.15, 0.2) is 18.2 Å². The molecule has 0 fully saturated rings. The van der Waals surface area contributed by atoms with Crippen LogP contribution in [-0.2, 0) is 4.79 Å². The van der Waals surface area contributed by atoms with Gasteiger partial charge in [0.1, 0.15) is 0 Å². The summed E-state index contributed by atoms with van der Waals surface area (Å²) in [5.74, 6) is -0.500. The van der Waals surface area contributed by atoms with Gasteiger partial charge in [0, 0.05) is 30.7 Å². The van der Waals surface area contributed by atoms with Gasteiger partial charge in [-0.15, -0.1) is 11.6 Å². The number of hydrogen-bond acceptors (Lipinski definition) is 4. The van der Waals surface area contributed by atoms with Crippen molar-refractivity contribution < 1.29 is 15.0 Å². The van der Waals surface area contributed by atoms with E-state index in [0.717, 1.165) is 30.8 Å². The first kappa shape index (κ1) is 18.7. The monoisotopic (exact) mass is 328 g/mol. The van der Waals surface area contributed by atoms with Gasteiger partial charge in [0.15, 0.2) is 0 Å². The molecule has 0 aromatic heterocycles. The number of carbonyl (C=O) groups is 1. The van der Waals surface area contributed by atoms with Crippen LogP contribution in [0.25, 0.3) is 0 Å². The second-order valence-corrected chi connectivity index (χ2v) is 5.80. The number of anilines is 1. The molecule has 5 nitrogen and oxygen atoms in total. The third kappa shape index (κ3) is 5.16. The molecule has 1 aromatic carbocycles. The SMILES string of the molecule is CCCN(CCCl)c1ccc(C)c(C(O)C(N)CC(=O)O)c1. The van der Waals surface area contributed by atoms with E-state index in [2.05, 4.69) is 11.8 Å². The molecule has 0 bridgehead atoms. The lowest BCUT2D eigenvalue weighted by Crippen LogP contribution is -2.32. The van der Waals surface area contributed by atoms with Crippen LogP contribution in [0.1, 0.15) is 37.0 Å². The van der Waals surface area contributed by atoms with E-state index in [4.69, 9.17) is 22.4 Å². The zero-order valence-electron chi connectivity index (χ0n) is 13.1. The Labute approximate surface area is 136 Å². The number of nitrogens with two attached hydrogens (primary N) is 1. The summed E-state index contributed by atoms with van der Waals surface area (Å²) in [6.07, 6.45) is -0.289. The van der Waals surface area contributed by atoms with Crippen molar-refractivity contribution in [2.24, 2.45) is 5.73 Å². The van der Waals surface area contributed by atoms with E-state index >= 15 is 0 Å². The third-order valence-corrected chi connectivity index (χ3v) is 3.78. The molecule has 124 valence electrons. The molecule has 0 saturated carbocycles. The maximum atomic E-state index is 10.8. The van der Waals surface area contributed by atoms with Crippen LogP contribution in [-0.4, -0.2) is 41.2 Å². The molecule has 2 atom stereocenters. The van der Waals surface area contributed by atoms with Gasteiger partial charge < -0.3 is 20.8 Å². The molecular formula is C16H25ClN2O3. The largest absolute Gasteiger partial charge is 0.481 e. The van der Waals surface area contributed by atoms with Crippen molar-refractivity contribution in [1.29, 1.82) is 0 Å². The van der Waals surface area contributed by atoms with Gasteiger partial charge in [0.2, 0.25) is 0 Å². The van der Waals surface area contributed by atoms with E-state index in [1.165, 1.54) is 0 Å². The summed E-state index contributed by atoms with van der Waals surface area (Å²) in [5.41, 5.74) is 8.32. The Morgan fingerprint density at radius 1 is 1.41 bits per heavy atom. The molecule has 0 spiro atoms. The summed E-state index contributed by atoms with van der Waals surface area (Å²) in [7, 11) is 0. The first-order chi connectivity index (χ1) is 10.4. The van der Waals surface area contributed by atoms with E-state index in [1.54, 1.807) is 0 Å².